The van der Waals surface area contributed by atoms with Crippen LogP contribution in [0.3, 0.4) is 0 Å². The van der Waals surface area contributed by atoms with Gasteiger partial charge in [0.25, 0.3) is 0 Å². The van der Waals surface area contributed by atoms with Gasteiger partial charge in [0.05, 0.1) is 23.6 Å². The van der Waals surface area contributed by atoms with Gasteiger partial charge in [-0.3, -0.25) is 4.79 Å². The van der Waals surface area contributed by atoms with Crippen molar-refractivity contribution in [2.45, 2.75) is 46.0 Å². The largest absolute Gasteiger partial charge is 0.492 e. The van der Waals surface area contributed by atoms with E-state index in [1.165, 1.54) is 12.8 Å². The first kappa shape index (κ1) is 17.3. The van der Waals surface area contributed by atoms with Crippen molar-refractivity contribution in [3.8, 4) is 5.75 Å². The number of hydrogen-bond donors (Lipinski definition) is 0. The van der Waals surface area contributed by atoms with Crippen molar-refractivity contribution >= 4 is 21.9 Å². The maximum atomic E-state index is 12.2. The molecular weight excluding hydrogens is 344 g/mol. The second kappa shape index (κ2) is 8.00. The second-order valence-corrected chi connectivity index (χ2v) is 7.23. The minimum Gasteiger partial charge on any atom is -0.492 e. The standard InChI is InChI=1S/C18H25BrO3/c1-4-21-18(20)15(9-12(2)3)14-7-8-17(16(19)10-14)22-11-13-5-6-13/h7-8,10,12-13,15H,4-6,9,11H2,1-3H3. The van der Waals surface area contributed by atoms with Gasteiger partial charge in [-0.1, -0.05) is 19.9 Å². The van der Waals surface area contributed by atoms with E-state index >= 15 is 0 Å². The molecule has 0 aromatic heterocycles. The highest BCUT2D eigenvalue weighted by Crippen LogP contribution is 2.34. The summed E-state index contributed by atoms with van der Waals surface area (Å²) in [5.74, 6) is 1.64. The fourth-order valence-corrected chi connectivity index (χ4v) is 2.94. The van der Waals surface area contributed by atoms with E-state index in [1.54, 1.807) is 0 Å². The number of hydrogen-bond acceptors (Lipinski definition) is 3. The van der Waals surface area contributed by atoms with Crippen LogP contribution in [0.15, 0.2) is 22.7 Å². The number of rotatable bonds is 8. The number of esters is 1. The van der Waals surface area contributed by atoms with E-state index in [0.717, 1.165) is 34.7 Å². The predicted molar refractivity (Wildman–Crippen MR) is 91.2 cm³/mol. The predicted octanol–water partition coefficient (Wildman–Crippen LogP) is 4.93. The zero-order chi connectivity index (χ0) is 16.1. The molecular formula is C18H25BrO3. The van der Waals surface area contributed by atoms with E-state index in [1.807, 2.05) is 25.1 Å². The number of carbonyl (C=O) groups excluding carboxylic acids is 1. The molecule has 122 valence electrons. The van der Waals surface area contributed by atoms with Gasteiger partial charge in [0.2, 0.25) is 0 Å². The molecule has 2 rings (SSSR count). The average Bonchev–Trinajstić information content (AvgIpc) is 3.27. The Hall–Kier alpha value is -1.03. The van der Waals surface area contributed by atoms with Gasteiger partial charge in [-0.05, 0) is 71.6 Å². The molecule has 0 radical (unpaired) electrons. The minimum atomic E-state index is -0.214. The number of ether oxygens (including phenoxy) is 2. The Labute approximate surface area is 141 Å². The van der Waals surface area contributed by atoms with Crippen LogP contribution in [0, 0.1) is 11.8 Å². The number of halogens is 1. The summed E-state index contributed by atoms with van der Waals surface area (Å²) in [6, 6.07) is 5.93. The lowest BCUT2D eigenvalue weighted by Crippen LogP contribution is -2.18. The summed E-state index contributed by atoms with van der Waals surface area (Å²) in [6.45, 7) is 7.28. The van der Waals surface area contributed by atoms with Gasteiger partial charge in [0, 0.05) is 0 Å². The topological polar surface area (TPSA) is 35.5 Å². The third kappa shape index (κ3) is 5.01. The van der Waals surface area contributed by atoms with E-state index in [-0.39, 0.29) is 11.9 Å². The Morgan fingerprint density at radius 2 is 2.09 bits per heavy atom. The van der Waals surface area contributed by atoms with Gasteiger partial charge in [0.1, 0.15) is 5.75 Å². The zero-order valence-corrected chi connectivity index (χ0v) is 15.2. The fourth-order valence-electron chi connectivity index (χ4n) is 2.43. The lowest BCUT2D eigenvalue weighted by molar-refractivity contribution is -0.145. The summed E-state index contributed by atoms with van der Waals surface area (Å²) < 4.78 is 12.0. The van der Waals surface area contributed by atoms with E-state index in [4.69, 9.17) is 9.47 Å². The van der Waals surface area contributed by atoms with Gasteiger partial charge in [-0.2, -0.15) is 0 Å². The molecule has 0 heterocycles. The van der Waals surface area contributed by atoms with Gasteiger partial charge in [0.15, 0.2) is 0 Å². The van der Waals surface area contributed by atoms with Gasteiger partial charge < -0.3 is 9.47 Å². The van der Waals surface area contributed by atoms with Gasteiger partial charge in [-0.25, -0.2) is 0 Å². The molecule has 0 aliphatic heterocycles. The van der Waals surface area contributed by atoms with Crippen molar-refractivity contribution in [1.29, 1.82) is 0 Å². The van der Waals surface area contributed by atoms with Crippen LogP contribution in [0.2, 0.25) is 0 Å². The Kier molecular flexibility index (Phi) is 6.30. The molecule has 0 bridgehead atoms. The summed E-state index contributed by atoms with van der Waals surface area (Å²) in [5, 5.41) is 0. The Morgan fingerprint density at radius 1 is 1.36 bits per heavy atom. The third-order valence-electron chi connectivity index (χ3n) is 3.81. The molecule has 1 saturated carbocycles. The Balaban J connectivity index is 2.11. The van der Waals surface area contributed by atoms with Crippen molar-refractivity contribution in [3.05, 3.63) is 28.2 Å². The van der Waals surface area contributed by atoms with Crippen molar-refractivity contribution in [2.75, 3.05) is 13.2 Å². The molecule has 1 unspecified atom stereocenters. The average molecular weight is 369 g/mol. The molecule has 0 saturated heterocycles. The SMILES string of the molecule is CCOC(=O)C(CC(C)C)c1ccc(OCC2CC2)c(Br)c1. The van der Waals surface area contributed by atoms with Gasteiger partial charge in [-0.15, -0.1) is 0 Å². The monoisotopic (exact) mass is 368 g/mol. The summed E-state index contributed by atoms with van der Waals surface area (Å²) in [7, 11) is 0. The minimum absolute atomic E-state index is 0.144. The first-order chi connectivity index (χ1) is 10.5. The zero-order valence-electron chi connectivity index (χ0n) is 13.6. The maximum absolute atomic E-state index is 12.2. The smallest absolute Gasteiger partial charge is 0.313 e. The van der Waals surface area contributed by atoms with Crippen molar-refractivity contribution in [1.82, 2.24) is 0 Å². The Bertz CT molecular complexity index is 509. The number of carbonyl (C=O) groups is 1. The first-order valence-electron chi connectivity index (χ1n) is 8.10. The summed E-state index contributed by atoms with van der Waals surface area (Å²) >= 11 is 3.56. The number of benzene rings is 1. The lowest BCUT2D eigenvalue weighted by atomic mass is 9.90. The van der Waals surface area contributed by atoms with E-state index < -0.39 is 0 Å². The van der Waals surface area contributed by atoms with E-state index in [0.29, 0.717) is 12.5 Å². The van der Waals surface area contributed by atoms with Crippen LogP contribution in [-0.2, 0) is 9.53 Å². The lowest BCUT2D eigenvalue weighted by Gasteiger charge is -2.19. The van der Waals surface area contributed by atoms with Crippen LogP contribution in [0.5, 0.6) is 5.75 Å². The van der Waals surface area contributed by atoms with Crippen LogP contribution in [0.1, 0.15) is 51.5 Å². The maximum Gasteiger partial charge on any atom is 0.313 e. The Morgan fingerprint density at radius 3 is 2.64 bits per heavy atom. The molecule has 1 aromatic rings. The first-order valence-corrected chi connectivity index (χ1v) is 8.89. The molecule has 0 N–H and O–H groups in total. The van der Waals surface area contributed by atoms with Crippen LogP contribution in [0.25, 0.3) is 0 Å². The molecule has 3 nitrogen and oxygen atoms in total. The highest BCUT2D eigenvalue weighted by Gasteiger charge is 2.25. The quantitative estimate of drug-likeness (QED) is 0.610. The van der Waals surface area contributed by atoms with Crippen LogP contribution >= 0.6 is 15.9 Å². The second-order valence-electron chi connectivity index (χ2n) is 6.38. The van der Waals surface area contributed by atoms with Crippen LogP contribution in [-0.4, -0.2) is 19.2 Å². The molecule has 0 amide bonds. The summed E-state index contributed by atoms with van der Waals surface area (Å²) in [4.78, 5) is 12.2. The molecule has 1 fully saturated rings. The van der Waals surface area contributed by atoms with E-state index in [2.05, 4.69) is 29.8 Å². The molecule has 0 spiro atoms. The molecule has 1 aromatic carbocycles. The van der Waals surface area contributed by atoms with E-state index in [9.17, 15) is 4.79 Å². The molecule has 22 heavy (non-hydrogen) atoms. The van der Waals surface area contributed by atoms with Crippen LogP contribution in [0.4, 0.5) is 0 Å². The van der Waals surface area contributed by atoms with Crippen LogP contribution < -0.4 is 4.74 Å². The van der Waals surface area contributed by atoms with Gasteiger partial charge >= 0.3 is 5.97 Å². The highest BCUT2D eigenvalue weighted by molar-refractivity contribution is 9.10. The molecule has 1 atom stereocenters. The van der Waals surface area contributed by atoms with Crippen molar-refractivity contribution in [3.63, 3.8) is 0 Å². The molecule has 4 heteroatoms. The third-order valence-corrected chi connectivity index (χ3v) is 4.43. The molecule has 1 aliphatic rings. The van der Waals surface area contributed by atoms with Crippen molar-refractivity contribution < 1.29 is 14.3 Å². The summed E-state index contributed by atoms with van der Waals surface area (Å²) in [5.41, 5.74) is 0.984. The normalized spacial score (nSPS) is 15.7. The fraction of sp³-hybridized carbons (Fsp3) is 0.611. The highest BCUT2D eigenvalue weighted by atomic mass is 79.9. The van der Waals surface area contributed by atoms with Crippen molar-refractivity contribution in [2.24, 2.45) is 11.8 Å². The summed E-state index contributed by atoms with van der Waals surface area (Å²) in [6.07, 6.45) is 3.33. The molecule has 1 aliphatic carbocycles.